The predicted molar refractivity (Wildman–Crippen MR) is 107 cm³/mol. The lowest BCUT2D eigenvalue weighted by atomic mass is 9.96. The van der Waals surface area contributed by atoms with Crippen molar-refractivity contribution >= 4 is 5.97 Å². The zero-order valence-electron chi connectivity index (χ0n) is 16.7. The van der Waals surface area contributed by atoms with Crippen LogP contribution in [0, 0.1) is 29.4 Å². The lowest BCUT2D eigenvalue weighted by molar-refractivity contribution is -0.137. The van der Waals surface area contributed by atoms with Crippen LogP contribution in [0.15, 0.2) is 18.2 Å². The van der Waals surface area contributed by atoms with Crippen LogP contribution in [0.1, 0.15) is 83.1 Å². The number of carboxylic acids is 1. The first-order chi connectivity index (χ1) is 13.4. The average Bonchev–Trinajstić information content (AvgIpc) is 2.61. The molecule has 0 aromatic heterocycles. The molecule has 0 saturated heterocycles. The zero-order chi connectivity index (χ0) is 20.8. The number of aliphatic carboxylic acids is 1. The summed E-state index contributed by atoms with van der Waals surface area (Å²) in [7, 11) is 0. The van der Waals surface area contributed by atoms with Crippen molar-refractivity contribution in [2.75, 3.05) is 0 Å². The predicted octanol–water partition coefficient (Wildman–Crippen LogP) is 5.69. The number of hydrogen-bond donors (Lipinski definition) is 2. The standard InChI is InChI=1S/C23H32F2O3/c1-18(9-5-2-3-8-12-23(27)28)10-6-4-7-11-22(26)14-13-19-15-20(24)17-21(25)16-19/h15-18,22,26H,2-12H2,1H3,(H,27,28)/t18-,22?/m0/s1. The van der Waals surface area contributed by atoms with E-state index in [9.17, 15) is 18.7 Å². The summed E-state index contributed by atoms with van der Waals surface area (Å²) in [4.78, 5) is 10.4. The minimum absolute atomic E-state index is 0.230. The van der Waals surface area contributed by atoms with E-state index in [0.717, 1.165) is 69.6 Å². The largest absolute Gasteiger partial charge is 0.481 e. The maximum Gasteiger partial charge on any atom is 0.303 e. The first kappa shape index (κ1) is 24.1. The molecule has 0 aliphatic heterocycles. The third-order valence-electron chi connectivity index (χ3n) is 4.76. The number of benzene rings is 1. The summed E-state index contributed by atoms with van der Waals surface area (Å²) in [6.07, 6.45) is 9.37. The van der Waals surface area contributed by atoms with Gasteiger partial charge in [0.25, 0.3) is 0 Å². The molecule has 156 valence electrons. The highest BCUT2D eigenvalue weighted by molar-refractivity contribution is 5.66. The topological polar surface area (TPSA) is 57.5 Å². The molecule has 0 spiro atoms. The van der Waals surface area contributed by atoms with Crippen LogP contribution < -0.4 is 0 Å². The van der Waals surface area contributed by atoms with E-state index in [1.807, 2.05) is 0 Å². The molecule has 0 amide bonds. The summed E-state index contributed by atoms with van der Waals surface area (Å²) >= 11 is 0. The lowest BCUT2D eigenvalue weighted by Gasteiger charge is -2.11. The Morgan fingerprint density at radius 3 is 2.07 bits per heavy atom. The van der Waals surface area contributed by atoms with E-state index >= 15 is 0 Å². The Balaban J connectivity index is 2.07. The van der Waals surface area contributed by atoms with Gasteiger partial charge < -0.3 is 10.2 Å². The molecule has 1 aromatic carbocycles. The Morgan fingerprint density at radius 1 is 0.929 bits per heavy atom. The molecule has 1 aromatic rings. The van der Waals surface area contributed by atoms with Gasteiger partial charge in [-0.25, -0.2) is 8.78 Å². The SMILES string of the molecule is C[C@@H](CCCCCCC(=O)O)CCCCCC(O)C#Cc1cc(F)cc(F)c1. The quantitative estimate of drug-likeness (QED) is 0.334. The molecule has 0 bridgehead atoms. The molecule has 28 heavy (non-hydrogen) atoms. The normalized spacial score (nSPS) is 12.9. The van der Waals surface area contributed by atoms with Crippen molar-refractivity contribution < 1.29 is 23.8 Å². The monoisotopic (exact) mass is 394 g/mol. The molecule has 0 radical (unpaired) electrons. The summed E-state index contributed by atoms with van der Waals surface area (Å²) < 4.78 is 26.1. The zero-order valence-corrected chi connectivity index (χ0v) is 16.7. The van der Waals surface area contributed by atoms with Crippen LogP contribution in [0.5, 0.6) is 0 Å². The number of rotatable bonds is 13. The summed E-state index contributed by atoms with van der Waals surface area (Å²) in [5, 5.41) is 18.5. The lowest BCUT2D eigenvalue weighted by Crippen LogP contribution is -2.03. The first-order valence-corrected chi connectivity index (χ1v) is 10.2. The fourth-order valence-corrected chi connectivity index (χ4v) is 3.14. The highest BCUT2D eigenvalue weighted by Crippen LogP contribution is 2.18. The second-order valence-corrected chi connectivity index (χ2v) is 7.53. The smallest absolute Gasteiger partial charge is 0.303 e. The van der Waals surface area contributed by atoms with E-state index in [1.165, 1.54) is 6.42 Å². The molecule has 1 unspecified atom stereocenters. The number of carboxylic acid groups (broad SMARTS) is 1. The van der Waals surface area contributed by atoms with Crippen LogP contribution in [0.25, 0.3) is 0 Å². The molecule has 0 fully saturated rings. The van der Waals surface area contributed by atoms with Gasteiger partial charge >= 0.3 is 5.97 Å². The van der Waals surface area contributed by atoms with E-state index in [1.54, 1.807) is 0 Å². The van der Waals surface area contributed by atoms with Gasteiger partial charge in [-0.1, -0.05) is 63.7 Å². The molecular formula is C23H32F2O3. The summed E-state index contributed by atoms with van der Waals surface area (Å²) in [5.41, 5.74) is 0.230. The van der Waals surface area contributed by atoms with E-state index in [-0.39, 0.29) is 12.0 Å². The molecule has 2 atom stereocenters. The Morgan fingerprint density at radius 2 is 1.46 bits per heavy atom. The van der Waals surface area contributed by atoms with Gasteiger partial charge in [-0.05, 0) is 37.3 Å². The Bertz CT molecular complexity index is 629. The van der Waals surface area contributed by atoms with Crippen molar-refractivity contribution in [3.8, 4) is 11.8 Å². The van der Waals surface area contributed by atoms with Gasteiger partial charge in [0.1, 0.15) is 17.7 Å². The molecule has 0 heterocycles. The minimum atomic E-state index is -0.783. The molecule has 0 saturated carbocycles. The fourth-order valence-electron chi connectivity index (χ4n) is 3.14. The van der Waals surface area contributed by atoms with Crippen molar-refractivity contribution in [3.05, 3.63) is 35.4 Å². The molecule has 5 heteroatoms. The Kier molecular flexibility index (Phi) is 12.2. The van der Waals surface area contributed by atoms with Gasteiger partial charge in [0.2, 0.25) is 0 Å². The average molecular weight is 395 g/mol. The third-order valence-corrected chi connectivity index (χ3v) is 4.76. The van der Waals surface area contributed by atoms with Crippen LogP contribution in [-0.2, 0) is 4.79 Å². The Hall–Kier alpha value is -1.93. The van der Waals surface area contributed by atoms with Crippen molar-refractivity contribution in [1.29, 1.82) is 0 Å². The molecule has 1 rings (SSSR count). The number of unbranched alkanes of at least 4 members (excludes halogenated alkanes) is 5. The highest BCUT2D eigenvalue weighted by atomic mass is 19.1. The molecule has 3 nitrogen and oxygen atoms in total. The number of carbonyl (C=O) groups is 1. The van der Waals surface area contributed by atoms with Crippen LogP contribution in [0.3, 0.4) is 0 Å². The van der Waals surface area contributed by atoms with Crippen molar-refractivity contribution in [2.45, 2.75) is 83.7 Å². The van der Waals surface area contributed by atoms with Crippen LogP contribution in [0.2, 0.25) is 0 Å². The van der Waals surface area contributed by atoms with Crippen molar-refractivity contribution in [1.82, 2.24) is 0 Å². The van der Waals surface area contributed by atoms with Gasteiger partial charge in [-0.3, -0.25) is 4.79 Å². The second kappa shape index (κ2) is 14.1. The molecule has 0 aliphatic carbocycles. The van der Waals surface area contributed by atoms with E-state index < -0.39 is 23.7 Å². The maximum absolute atomic E-state index is 13.1. The Labute approximate surface area is 167 Å². The summed E-state index contributed by atoms with van der Waals surface area (Å²) in [6.45, 7) is 2.25. The van der Waals surface area contributed by atoms with Gasteiger partial charge in [0.05, 0.1) is 0 Å². The van der Waals surface area contributed by atoms with Crippen LogP contribution in [-0.4, -0.2) is 22.3 Å². The maximum atomic E-state index is 13.1. The second-order valence-electron chi connectivity index (χ2n) is 7.53. The highest BCUT2D eigenvalue weighted by Gasteiger charge is 2.04. The minimum Gasteiger partial charge on any atom is -0.481 e. The van der Waals surface area contributed by atoms with E-state index in [2.05, 4.69) is 18.8 Å². The third kappa shape index (κ3) is 12.5. The fraction of sp³-hybridized carbons (Fsp3) is 0.609. The number of aliphatic hydroxyl groups excluding tert-OH is 1. The van der Waals surface area contributed by atoms with Gasteiger partial charge in [0.15, 0.2) is 0 Å². The van der Waals surface area contributed by atoms with Crippen molar-refractivity contribution in [2.24, 2.45) is 5.92 Å². The molecular weight excluding hydrogens is 362 g/mol. The molecule has 0 aliphatic rings. The number of halogens is 2. The van der Waals surface area contributed by atoms with E-state index in [0.29, 0.717) is 12.3 Å². The first-order valence-electron chi connectivity index (χ1n) is 10.2. The van der Waals surface area contributed by atoms with Crippen LogP contribution >= 0.6 is 0 Å². The number of aliphatic hydroxyl groups is 1. The number of hydrogen-bond acceptors (Lipinski definition) is 2. The van der Waals surface area contributed by atoms with E-state index in [4.69, 9.17) is 5.11 Å². The van der Waals surface area contributed by atoms with Gasteiger partial charge in [0, 0.05) is 18.1 Å². The summed E-state index contributed by atoms with van der Waals surface area (Å²) in [6, 6.07) is 3.09. The van der Waals surface area contributed by atoms with Gasteiger partial charge in [-0.15, -0.1) is 0 Å². The molecule has 2 N–H and O–H groups in total. The van der Waals surface area contributed by atoms with Crippen molar-refractivity contribution in [3.63, 3.8) is 0 Å². The van der Waals surface area contributed by atoms with Gasteiger partial charge in [-0.2, -0.15) is 0 Å². The van der Waals surface area contributed by atoms with Crippen LogP contribution in [0.4, 0.5) is 8.78 Å². The summed E-state index contributed by atoms with van der Waals surface area (Å²) in [5.74, 6) is 3.85.